The van der Waals surface area contributed by atoms with Crippen LogP contribution in [0.5, 0.6) is 0 Å². The molecule has 0 aliphatic heterocycles. The number of nitrogens with one attached hydrogen (secondary N) is 4. The Hall–Kier alpha value is -0.666. The minimum absolute atomic E-state index is 0. The predicted molar refractivity (Wildman–Crippen MR) is 15.1 cm³/mol. The molecule has 0 radical (unpaired) electrons. The molecule has 0 spiro atoms. The molecule has 0 aliphatic carbocycles. The zero-order valence-corrected chi connectivity index (χ0v) is 4.96. The molecular weight excluding hydrogens is 132 g/mol. The number of rotatable bonds is 0. The zero-order chi connectivity index (χ0) is 5.41. The van der Waals surface area contributed by atoms with Gasteiger partial charge in [0.1, 0.15) is 22.1 Å². The summed E-state index contributed by atoms with van der Waals surface area (Å²) >= 11 is 0. The van der Waals surface area contributed by atoms with Gasteiger partial charge in [0, 0.05) is 21.7 Å². The van der Waals surface area contributed by atoms with E-state index in [1.54, 1.807) is 0 Å². The summed E-state index contributed by atoms with van der Waals surface area (Å²) in [6, 6.07) is 0. The van der Waals surface area contributed by atoms with E-state index in [1.165, 1.54) is 0 Å². The molecule has 7 heteroatoms. The second-order valence-corrected chi connectivity index (χ2v) is 0.224. The molecule has 0 atom stereocenters. The van der Waals surface area contributed by atoms with E-state index in [-0.39, 0.29) is 21.7 Å². The van der Waals surface area contributed by atoms with Crippen molar-refractivity contribution in [1.82, 2.24) is 9.82 Å². The summed E-state index contributed by atoms with van der Waals surface area (Å²) in [4.78, 5) is 4.00. The van der Waals surface area contributed by atoms with Crippen LogP contribution < -0.4 is 9.82 Å². The van der Waals surface area contributed by atoms with Crippen LogP contribution in [0.4, 0.5) is 0 Å². The van der Waals surface area contributed by atoms with Crippen LogP contribution in [0.25, 0.3) is 0 Å². The van der Waals surface area contributed by atoms with Gasteiger partial charge in [-0.15, -0.1) is 0 Å². The largest absolute Gasteiger partial charge is 0.211 e. The maximum absolute atomic E-state index is 5.50. The molecule has 0 aromatic rings. The Kier molecular flexibility index (Phi) is 130. The van der Waals surface area contributed by atoms with E-state index in [4.69, 9.17) is 22.1 Å². The van der Waals surface area contributed by atoms with Gasteiger partial charge in [-0.1, -0.05) is 0 Å². The Morgan fingerprint density at radius 3 is 0.714 bits per heavy atom. The predicted octanol–water partition coefficient (Wildman–Crippen LogP) is 0.229. The Morgan fingerprint density at radius 2 is 0.714 bits per heavy atom. The van der Waals surface area contributed by atoms with Crippen molar-refractivity contribution in [2.24, 2.45) is 0 Å². The van der Waals surface area contributed by atoms with E-state index in [2.05, 4.69) is 0 Å². The van der Waals surface area contributed by atoms with Gasteiger partial charge in [0.25, 0.3) is 0 Å². The first-order valence-corrected chi connectivity index (χ1v) is 0.894. The first-order chi connectivity index (χ1) is 2.83. The van der Waals surface area contributed by atoms with Gasteiger partial charge in [-0.25, -0.2) is 0 Å². The smallest absolute Gasteiger partial charge is 0 e. The van der Waals surface area contributed by atoms with Crippen molar-refractivity contribution in [3.63, 3.8) is 0 Å². The zero-order valence-electron chi connectivity index (χ0n) is 3.39. The van der Waals surface area contributed by atoms with Gasteiger partial charge in [-0.2, -0.15) is 0 Å². The summed E-state index contributed by atoms with van der Waals surface area (Å²) in [5.74, 6) is 0. The Morgan fingerprint density at radius 1 is 0.714 bits per heavy atom. The fraction of sp³-hybridized carbons (Fsp3) is 0. The molecule has 0 rings (SSSR count). The van der Waals surface area contributed by atoms with Crippen LogP contribution in [0.2, 0.25) is 0 Å². The average Bonchev–Trinajstić information content (AvgIpc) is 1.39. The maximum Gasteiger partial charge on any atom is 0.211 e. The third-order valence-corrected chi connectivity index (χ3v) is 0. The molecule has 0 amide bonds. The molecule has 0 saturated heterocycles. The normalized spacial score (nSPS) is 2.29. The second kappa shape index (κ2) is 56.3. The van der Waals surface area contributed by atoms with Gasteiger partial charge in [0.05, 0.1) is 0 Å². The van der Waals surface area contributed by atoms with E-state index < -0.39 is 0 Å². The summed E-state index contributed by atoms with van der Waals surface area (Å²) < 4.78 is 0. The molecule has 0 aromatic carbocycles. The van der Waals surface area contributed by atoms with Crippen molar-refractivity contribution in [3.05, 3.63) is 0 Å². The number of hydrogen-bond donors (Lipinski definition) is 4. The summed E-state index contributed by atoms with van der Waals surface area (Å²) in [6.45, 7) is 0. The summed E-state index contributed by atoms with van der Waals surface area (Å²) in [6.07, 6.45) is 0. The van der Waals surface area contributed by atoms with Gasteiger partial charge in [0.2, 0.25) is 9.82 Å². The minimum atomic E-state index is 0. The van der Waals surface area contributed by atoms with Crippen LogP contribution in [0, 0.1) is 22.1 Å². The first kappa shape index (κ1) is 16.2. The molecule has 0 unspecified atom stereocenters. The van der Waals surface area contributed by atoms with E-state index in [0.29, 0.717) is 0 Å². The topological polar surface area (TPSA) is 124 Å². The fourth-order valence-corrected chi connectivity index (χ4v) is 0. The molecule has 4 N–H and O–H groups in total. The molecule has 0 bridgehead atoms. The van der Waals surface area contributed by atoms with E-state index in [1.807, 2.05) is 9.82 Å². The van der Waals surface area contributed by atoms with Gasteiger partial charge in [-0.05, 0) is 0 Å². The van der Waals surface area contributed by atoms with Gasteiger partial charge < -0.3 is 0 Å². The van der Waals surface area contributed by atoms with Crippen LogP contribution in [0.3, 0.4) is 0 Å². The van der Waals surface area contributed by atoms with Crippen molar-refractivity contribution >= 4 is 0 Å². The van der Waals surface area contributed by atoms with Crippen LogP contribution in [0.15, 0.2) is 0 Å². The van der Waals surface area contributed by atoms with Crippen molar-refractivity contribution in [2.75, 3.05) is 0 Å². The Labute approximate surface area is 54.2 Å². The van der Waals surface area contributed by atoms with Crippen LogP contribution >= 0.6 is 0 Å². The van der Waals surface area contributed by atoms with Crippen LogP contribution in [0.1, 0.15) is 0 Å². The van der Waals surface area contributed by atoms with Crippen molar-refractivity contribution < 1.29 is 21.7 Å². The van der Waals surface area contributed by atoms with Crippen molar-refractivity contribution in [3.8, 4) is 0 Å². The molecule has 0 heterocycles. The van der Waals surface area contributed by atoms with E-state index in [0.717, 1.165) is 0 Å². The third-order valence-electron chi connectivity index (χ3n) is 0. The molecule has 7 heavy (non-hydrogen) atoms. The average molecular weight is 136 g/mol. The third kappa shape index (κ3) is 134. The minimum Gasteiger partial charge on any atom is 0 e. The van der Waals surface area contributed by atoms with Gasteiger partial charge >= 0.3 is 0 Å². The Balaban J connectivity index is -0.0000000400. The van der Waals surface area contributed by atoms with Crippen LogP contribution in [-0.4, -0.2) is 0 Å². The molecular formula is H4N6Ti+2. The summed E-state index contributed by atoms with van der Waals surface area (Å²) in [5.41, 5.74) is 22.0. The quantitative estimate of drug-likeness (QED) is 0.207. The molecule has 0 aromatic heterocycles. The van der Waals surface area contributed by atoms with E-state index >= 15 is 0 Å². The van der Waals surface area contributed by atoms with Crippen molar-refractivity contribution in [2.45, 2.75) is 0 Å². The maximum atomic E-state index is 5.50. The fourth-order valence-electron chi connectivity index (χ4n) is 0. The van der Waals surface area contributed by atoms with Gasteiger partial charge in [-0.3, -0.25) is 0 Å². The monoisotopic (exact) mass is 136 g/mol. The number of hydrogen-bond acceptors (Lipinski definition) is 4. The SMILES string of the molecule is N=[N+]=N.N=[N+]=N.[Ti]. The molecule has 0 fully saturated rings. The molecule has 0 aliphatic rings. The summed E-state index contributed by atoms with van der Waals surface area (Å²) in [5, 5.41) is 0. The Bertz CT molecular complexity index is 58.2. The van der Waals surface area contributed by atoms with E-state index in [9.17, 15) is 0 Å². The molecule has 36 valence electrons. The summed E-state index contributed by atoms with van der Waals surface area (Å²) in [7, 11) is 0. The molecule has 0 saturated carbocycles. The molecule has 6 nitrogen and oxygen atoms in total. The van der Waals surface area contributed by atoms with Gasteiger partial charge in [0.15, 0.2) is 0 Å². The first-order valence-electron chi connectivity index (χ1n) is 0.894. The second-order valence-electron chi connectivity index (χ2n) is 0.224. The number of nitrogens with zero attached hydrogens (tertiary/aromatic N) is 2. The van der Waals surface area contributed by atoms with Crippen LogP contribution in [-0.2, 0) is 21.7 Å². The van der Waals surface area contributed by atoms with Crippen molar-refractivity contribution in [1.29, 1.82) is 22.1 Å². The standard InChI is InChI=1S/2H2N3.Ti/c2*1-3-2;/h2*1-2H;/q2*+1;.